The maximum Gasteiger partial charge on any atom is 0.201 e. The Balaban J connectivity index is 1.65. The van der Waals surface area contributed by atoms with Gasteiger partial charge in [0.25, 0.3) is 0 Å². The summed E-state index contributed by atoms with van der Waals surface area (Å²) in [6.45, 7) is 4.29. The number of hydrogen-bond acceptors (Lipinski definition) is 2. The maximum absolute atomic E-state index is 6.33. The molecular formula is C19H23NO. The molecule has 2 nitrogen and oxygen atoms in total. The Bertz CT molecular complexity index is 691. The second kappa shape index (κ2) is 3.91. The Morgan fingerprint density at radius 1 is 1.00 bits per heavy atom. The number of aryl methyl sites for hydroxylation is 2. The lowest BCUT2D eigenvalue weighted by molar-refractivity contribution is -0.0170. The van der Waals surface area contributed by atoms with Gasteiger partial charge in [-0.05, 0) is 87.3 Å². The number of aromatic nitrogens is 1. The van der Waals surface area contributed by atoms with Crippen LogP contribution in [0.3, 0.4) is 0 Å². The second-order valence-electron chi connectivity index (χ2n) is 8.15. The molecule has 4 bridgehead atoms. The molecule has 0 atom stereocenters. The average molecular weight is 281 g/mol. The zero-order chi connectivity index (χ0) is 14.2. The fourth-order valence-electron chi connectivity index (χ4n) is 5.98. The highest BCUT2D eigenvalue weighted by molar-refractivity contribution is 5.77. The number of fused-ring (bicyclic) bond motifs is 1. The molecule has 2 heteroatoms. The van der Waals surface area contributed by atoms with E-state index < -0.39 is 0 Å². The minimum absolute atomic E-state index is 0.272. The van der Waals surface area contributed by atoms with E-state index in [-0.39, 0.29) is 5.41 Å². The first-order valence-corrected chi connectivity index (χ1v) is 8.50. The van der Waals surface area contributed by atoms with E-state index in [0.29, 0.717) is 0 Å². The largest absolute Gasteiger partial charge is 0.440 e. The average Bonchev–Trinajstić information content (AvgIpc) is 2.82. The van der Waals surface area contributed by atoms with Gasteiger partial charge in [-0.3, -0.25) is 0 Å². The lowest BCUT2D eigenvalue weighted by Gasteiger charge is -2.55. The van der Waals surface area contributed by atoms with Crippen LogP contribution in [-0.2, 0) is 5.41 Å². The monoisotopic (exact) mass is 281 g/mol. The molecule has 0 N–H and O–H groups in total. The minimum atomic E-state index is 0.272. The summed E-state index contributed by atoms with van der Waals surface area (Å²) in [5.41, 5.74) is 4.87. The summed E-state index contributed by atoms with van der Waals surface area (Å²) in [6.07, 6.45) is 8.38. The zero-order valence-corrected chi connectivity index (χ0v) is 13.0. The van der Waals surface area contributed by atoms with Crippen LogP contribution in [0.15, 0.2) is 16.5 Å². The molecular weight excluding hydrogens is 258 g/mol. The first-order chi connectivity index (χ1) is 10.1. The quantitative estimate of drug-likeness (QED) is 0.742. The van der Waals surface area contributed by atoms with Crippen LogP contribution in [0, 0.1) is 31.6 Å². The molecule has 110 valence electrons. The van der Waals surface area contributed by atoms with Crippen molar-refractivity contribution in [3.8, 4) is 0 Å². The highest BCUT2D eigenvalue weighted by atomic mass is 16.3. The molecule has 1 heterocycles. The Morgan fingerprint density at radius 2 is 1.62 bits per heavy atom. The fraction of sp³-hybridized carbons (Fsp3) is 0.632. The SMILES string of the molecule is Cc1cc(C)c2oc(C34CC5CC(CC(C5)C3)C4)nc2c1. The van der Waals surface area contributed by atoms with Crippen molar-refractivity contribution in [1.29, 1.82) is 0 Å². The van der Waals surface area contributed by atoms with Gasteiger partial charge in [-0.2, -0.15) is 0 Å². The normalized spacial score (nSPS) is 37.5. The van der Waals surface area contributed by atoms with E-state index in [1.165, 1.54) is 49.7 Å². The van der Waals surface area contributed by atoms with Gasteiger partial charge in [0.2, 0.25) is 5.89 Å². The summed E-state index contributed by atoms with van der Waals surface area (Å²) in [4.78, 5) is 4.96. The van der Waals surface area contributed by atoms with Crippen molar-refractivity contribution in [2.24, 2.45) is 17.8 Å². The van der Waals surface area contributed by atoms with Crippen LogP contribution in [0.2, 0.25) is 0 Å². The van der Waals surface area contributed by atoms with Crippen molar-refractivity contribution in [3.63, 3.8) is 0 Å². The van der Waals surface area contributed by atoms with Crippen LogP contribution >= 0.6 is 0 Å². The molecule has 6 rings (SSSR count). The lowest BCUT2D eigenvalue weighted by Crippen LogP contribution is -2.48. The van der Waals surface area contributed by atoms with Crippen LogP contribution in [0.5, 0.6) is 0 Å². The van der Waals surface area contributed by atoms with E-state index in [4.69, 9.17) is 9.40 Å². The molecule has 0 saturated heterocycles. The van der Waals surface area contributed by atoms with Gasteiger partial charge < -0.3 is 4.42 Å². The Hall–Kier alpha value is -1.31. The third-order valence-corrected chi connectivity index (χ3v) is 6.31. The smallest absolute Gasteiger partial charge is 0.201 e. The summed E-state index contributed by atoms with van der Waals surface area (Å²) in [7, 11) is 0. The van der Waals surface area contributed by atoms with Crippen LogP contribution in [0.1, 0.15) is 55.5 Å². The third kappa shape index (κ3) is 1.68. The van der Waals surface area contributed by atoms with Gasteiger partial charge in [0, 0.05) is 5.41 Å². The van der Waals surface area contributed by atoms with Gasteiger partial charge in [0.05, 0.1) is 0 Å². The zero-order valence-electron chi connectivity index (χ0n) is 13.0. The van der Waals surface area contributed by atoms with Crippen molar-refractivity contribution in [2.45, 2.75) is 57.8 Å². The molecule has 21 heavy (non-hydrogen) atoms. The number of benzene rings is 1. The Labute approximate surface area is 125 Å². The highest BCUT2D eigenvalue weighted by Gasteiger charge is 2.54. The number of nitrogens with zero attached hydrogens (tertiary/aromatic N) is 1. The predicted molar refractivity (Wildman–Crippen MR) is 83.3 cm³/mol. The second-order valence-corrected chi connectivity index (χ2v) is 8.15. The van der Waals surface area contributed by atoms with Crippen LogP contribution in [0.4, 0.5) is 0 Å². The van der Waals surface area contributed by atoms with Crippen molar-refractivity contribution in [1.82, 2.24) is 4.98 Å². The molecule has 4 aliphatic carbocycles. The van der Waals surface area contributed by atoms with Crippen molar-refractivity contribution in [2.75, 3.05) is 0 Å². The van der Waals surface area contributed by atoms with E-state index in [1.807, 2.05) is 0 Å². The molecule has 1 aromatic carbocycles. The molecule has 0 aliphatic heterocycles. The van der Waals surface area contributed by atoms with Crippen LogP contribution in [-0.4, -0.2) is 4.98 Å². The summed E-state index contributed by atoms with van der Waals surface area (Å²) >= 11 is 0. The Morgan fingerprint density at radius 3 is 2.24 bits per heavy atom. The molecule has 0 spiro atoms. The number of hydrogen-bond donors (Lipinski definition) is 0. The first-order valence-electron chi connectivity index (χ1n) is 8.50. The van der Waals surface area contributed by atoms with E-state index in [1.54, 1.807) is 0 Å². The summed E-state index contributed by atoms with van der Waals surface area (Å²) in [6, 6.07) is 4.38. The van der Waals surface area contributed by atoms with Crippen molar-refractivity contribution < 1.29 is 4.42 Å². The topological polar surface area (TPSA) is 26.0 Å². The minimum Gasteiger partial charge on any atom is -0.440 e. The fourth-order valence-corrected chi connectivity index (χ4v) is 5.98. The van der Waals surface area contributed by atoms with Crippen LogP contribution < -0.4 is 0 Å². The molecule has 2 aromatic rings. The maximum atomic E-state index is 6.33. The third-order valence-electron chi connectivity index (χ3n) is 6.31. The first kappa shape index (κ1) is 12.3. The van der Waals surface area contributed by atoms with Gasteiger partial charge in [-0.1, -0.05) is 6.07 Å². The van der Waals surface area contributed by atoms with E-state index >= 15 is 0 Å². The predicted octanol–water partition coefficient (Wildman–Crippen LogP) is 4.91. The van der Waals surface area contributed by atoms with E-state index in [0.717, 1.165) is 34.7 Å². The van der Waals surface area contributed by atoms with Gasteiger partial charge >= 0.3 is 0 Å². The van der Waals surface area contributed by atoms with E-state index in [9.17, 15) is 0 Å². The number of oxazole rings is 1. The van der Waals surface area contributed by atoms with Gasteiger partial charge in [-0.25, -0.2) is 4.98 Å². The molecule has 4 saturated carbocycles. The highest BCUT2D eigenvalue weighted by Crippen LogP contribution is 2.60. The van der Waals surface area contributed by atoms with Gasteiger partial charge in [0.15, 0.2) is 5.58 Å². The lowest BCUT2D eigenvalue weighted by atomic mass is 9.49. The van der Waals surface area contributed by atoms with Gasteiger partial charge in [0.1, 0.15) is 5.52 Å². The van der Waals surface area contributed by atoms with Crippen molar-refractivity contribution in [3.05, 3.63) is 29.2 Å². The Kier molecular flexibility index (Phi) is 2.28. The molecule has 0 unspecified atom stereocenters. The van der Waals surface area contributed by atoms with Crippen LogP contribution in [0.25, 0.3) is 11.1 Å². The summed E-state index contributed by atoms with van der Waals surface area (Å²) in [5, 5.41) is 0. The van der Waals surface area contributed by atoms with E-state index in [2.05, 4.69) is 26.0 Å². The van der Waals surface area contributed by atoms with Crippen molar-refractivity contribution >= 4 is 11.1 Å². The summed E-state index contributed by atoms with van der Waals surface area (Å²) in [5.74, 6) is 3.88. The standard InChI is InChI=1S/C19H23NO/c1-11-3-12(2)17-16(4-11)20-18(21-17)19-8-13-5-14(9-19)7-15(6-13)10-19/h3-4,13-15H,5-10H2,1-2H3. The molecule has 4 fully saturated rings. The molecule has 1 aromatic heterocycles. The molecule has 0 amide bonds. The molecule has 0 radical (unpaired) electrons. The van der Waals surface area contributed by atoms with Gasteiger partial charge in [-0.15, -0.1) is 0 Å². The summed E-state index contributed by atoms with van der Waals surface area (Å²) < 4.78 is 6.33. The number of rotatable bonds is 1. The molecule has 4 aliphatic rings.